The minimum Gasteiger partial charge on any atom is -0.490 e. The summed E-state index contributed by atoms with van der Waals surface area (Å²) in [5.41, 5.74) is 5.34. The number of hydrogen-bond donors (Lipinski definition) is 0. The Morgan fingerprint density at radius 2 is 1.51 bits per heavy atom. The molecule has 0 saturated heterocycles. The molecule has 0 radical (unpaired) electrons. The summed E-state index contributed by atoms with van der Waals surface area (Å²) in [6.07, 6.45) is 5.93. The first-order chi connectivity index (χ1) is 17.4. The van der Waals surface area contributed by atoms with Gasteiger partial charge in [0.05, 0.1) is 13.2 Å². The van der Waals surface area contributed by atoms with E-state index in [0.717, 1.165) is 58.7 Å². The number of benzene rings is 1. The molecule has 1 heterocycles. The molecule has 200 valence electrons. The lowest BCUT2D eigenvalue weighted by atomic mass is 9.63. The average Bonchev–Trinajstić information content (AvgIpc) is 2.79. The standard InChI is InChI=1S/C32H43NO4/c1-9-12-20-14-21(15-26(36-11-3)30(20)37-13-10-2)27-28-22(16-31(4,5)18-24(28)34)33(8)23-17-32(6,7)19-25(35)29(23)27/h9,14-15,27H,1,10-13,16-19H2,2-8H3. The first-order valence-corrected chi connectivity index (χ1v) is 13.7. The fourth-order valence-corrected chi connectivity index (χ4v) is 6.29. The van der Waals surface area contributed by atoms with Gasteiger partial charge in [-0.25, -0.2) is 0 Å². The molecule has 0 bridgehead atoms. The summed E-state index contributed by atoms with van der Waals surface area (Å²) in [5.74, 6) is 1.29. The predicted octanol–water partition coefficient (Wildman–Crippen LogP) is 6.92. The quantitative estimate of drug-likeness (QED) is 0.359. The van der Waals surface area contributed by atoms with E-state index in [1.807, 2.05) is 26.1 Å². The Balaban J connectivity index is 1.99. The maximum absolute atomic E-state index is 13.8. The van der Waals surface area contributed by atoms with Gasteiger partial charge < -0.3 is 14.4 Å². The van der Waals surface area contributed by atoms with Gasteiger partial charge in [0, 0.05) is 53.9 Å². The molecule has 0 aromatic heterocycles. The molecule has 1 aromatic rings. The third-order valence-corrected chi connectivity index (χ3v) is 7.78. The zero-order valence-electron chi connectivity index (χ0n) is 23.8. The fourth-order valence-electron chi connectivity index (χ4n) is 6.29. The second kappa shape index (κ2) is 10.2. The van der Waals surface area contributed by atoms with E-state index >= 15 is 0 Å². The molecule has 0 spiro atoms. The van der Waals surface area contributed by atoms with Crippen LogP contribution in [0.5, 0.6) is 11.5 Å². The van der Waals surface area contributed by atoms with Crippen LogP contribution in [0.25, 0.3) is 0 Å². The van der Waals surface area contributed by atoms with Crippen molar-refractivity contribution >= 4 is 11.6 Å². The molecule has 5 nitrogen and oxygen atoms in total. The predicted molar refractivity (Wildman–Crippen MR) is 148 cm³/mol. The van der Waals surface area contributed by atoms with Crippen LogP contribution in [0, 0.1) is 10.8 Å². The van der Waals surface area contributed by atoms with Crippen LogP contribution < -0.4 is 9.47 Å². The van der Waals surface area contributed by atoms with Crippen molar-refractivity contribution in [2.75, 3.05) is 20.3 Å². The van der Waals surface area contributed by atoms with E-state index in [4.69, 9.17) is 9.47 Å². The van der Waals surface area contributed by atoms with Crippen molar-refractivity contribution in [3.63, 3.8) is 0 Å². The molecule has 3 aliphatic rings. The van der Waals surface area contributed by atoms with Crippen molar-refractivity contribution in [2.24, 2.45) is 10.8 Å². The molecule has 1 aromatic carbocycles. The largest absolute Gasteiger partial charge is 0.490 e. The molecule has 1 aliphatic heterocycles. The highest BCUT2D eigenvalue weighted by Gasteiger charge is 2.48. The second-order valence-corrected chi connectivity index (χ2v) is 12.4. The van der Waals surface area contributed by atoms with Gasteiger partial charge in [-0.3, -0.25) is 9.59 Å². The van der Waals surface area contributed by atoms with E-state index in [2.05, 4.69) is 52.2 Å². The van der Waals surface area contributed by atoms with Crippen LogP contribution in [0.3, 0.4) is 0 Å². The topological polar surface area (TPSA) is 55.8 Å². The van der Waals surface area contributed by atoms with Crippen LogP contribution in [0.15, 0.2) is 47.3 Å². The molecule has 0 amide bonds. The van der Waals surface area contributed by atoms with Crippen molar-refractivity contribution in [3.8, 4) is 11.5 Å². The number of hydrogen-bond acceptors (Lipinski definition) is 5. The van der Waals surface area contributed by atoms with Gasteiger partial charge in [-0.15, -0.1) is 6.58 Å². The number of Topliss-reactive ketones (excluding diaryl/α,β-unsaturated/α-hetero) is 2. The van der Waals surface area contributed by atoms with Gasteiger partial charge in [0.15, 0.2) is 23.1 Å². The van der Waals surface area contributed by atoms with Crippen LogP contribution in [0.1, 0.15) is 90.7 Å². The van der Waals surface area contributed by atoms with Crippen molar-refractivity contribution in [1.29, 1.82) is 0 Å². The SMILES string of the molecule is C=CCc1cc(C2C3=C(CC(C)(C)CC3=O)N(C)C3=C2C(=O)CC(C)(C)C3)cc(OCC)c1OCCC. The molecular formula is C32H43NO4. The third-order valence-electron chi connectivity index (χ3n) is 7.78. The molecule has 0 saturated carbocycles. The summed E-state index contributed by atoms with van der Waals surface area (Å²) in [7, 11) is 2.04. The van der Waals surface area contributed by atoms with E-state index in [-0.39, 0.29) is 22.4 Å². The van der Waals surface area contributed by atoms with E-state index in [1.54, 1.807) is 0 Å². The molecule has 2 aliphatic carbocycles. The average molecular weight is 506 g/mol. The fraction of sp³-hybridized carbons (Fsp3) is 0.562. The Hall–Kier alpha value is -2.82. The normalized spacial score (nSPS) is 21.1. The highest BCUT2D eigenvalue weighted by atomic mass is 16.5. The van der Waals surface area contributed by atoms with Crippen molar-refractivity contribution in [3.05, 3.63) is 58.5 Å². The minimum absolute atomic E-state index is 0.122. The molecule has 0 atom stereocenters. The van der Waals surface area contributed by atoms with Gasteiger partial charge in [0.2, 0.25) is 0 Å². The molecule has 0 N–H and O–H groups in total. The van der Waals surface area contributed by atoms with Crippen LogP contribution in [0.4, 0.5) is 0 Å². The monoisotopic (exact) mass is 505 g/mol. The van der Waals surface area contributed by atoms with Crippen LogP contribution >= 0.6 is 0 Å². The minimum atomic E-state index is -0.392. The lowest BCUT2D eigenvalue weighted by molar-refractivity contribution is -0.119. The summed E-state index contributed by atoms with van der Waals surface area (Å²) in [5, 5.41) is 0. The summed E-state index contributed by atoms with van der Waals surface area (Å²) < 4.78 is 12.2. The van der Waals surface area contributed by atoms with Gasteiger partial charge in [-0.2, -0.15) is 0 Å². The van der Waals surface area contributed by atoms with Gasteiger partial charge in [-0.1, -0.05) is 46.8 Å². The molecule has 0 unspecified atom stereocenters. The zero-order valence-corrected chi connectivity index (χ0v) is 23.8. The van der Waals surface area contributed by atoms with E-state index in [0.29, 0.717) is 38.2 Å². The van der Waals surface area contributed by atoms with Crippen molar-refractivity contribution in [1.82, 2.24) is 4.90 Å². The Morgan fingerprint density at radius 3 is 2.00 bits per heavy atom. The van der Waals surface area contributed by atoms with Crippen LogP contribution in [-0.2, 0) is 16.0 Å². The highest BCUT2D eigenvalue weighted by molar-refractivity contribution is 6.06. The summed E-state index contributed by atoms with van der Waals surface area (Å²) in [6, 6.07) is 4.12. The second-order valence-electron chi connectivity index (χ2n) is 12.4. The van der Waals surface area contributed by atoms with E-state index < -0.39 is 5.92 Å². The lowest BCUT2D eigenvalue weighted by Gasteiger charge is -2.48. The van der Waals surface area contributed by atoms with Gasteiger partial charge in [-0.05, 0) is 55.1 Å². The number of allylic oxidation sites excluding steroid dienone is 5. The van der Waals surface area contributed by atoms with Gasteiger partial charge in [0.25, 0.3) is 0 Å². The summed E-state index contributed by atoms with van der Waals surface area (Å²) >= 11 is 0. The smallest absolute Gasteiger partial charge is 0.164 e. The Labute approximate surface area is 222 Å². The molecule has 4 rings (SSSR count). The maximum Gasteiger partial charge on any atom is 0.164 e. The Kier molecular flexibility index (Phi) is 7.47. The summed E-state index contributed by atoms with van der Waals surface area (Å²) in [6.45, 7) is 17.7. The Bertz CT molecular complexity index is 1130. The Morgan fingerprint density at radius 1 is 0.946 bits per heavy atom. The number of nitrogens with zero attached hydrogens (tertiary/aromatic N) is 1. The molecule has 5 heteroatoms. The van der Waals surface area contributed by atoms with Gasteiger partial charge >= 0.3 is 0 Å². The van der Waals surface area contributed by atoms with Gasteiger partial charge in [0.1, 0.15) is 0 Å². The number of rotatable bonds is 8. The van der Waals surface area contributed by atoms with Crippen molar-refractivity contribution < 1.29 is 19.1 Å². The van der Waals surface area contributed by atoms with Crippen molar-refractivity contribution in [2.45, 2.75) is 86.0 Å². The van der Waals surface area contributed by atoms with E-state index in [1.165, 1.54) is 0 Å². The first kappa shape index (κ1) is 27.2. The van der Waals surface area contributed by atoms with Crippen LogP contribution in [-0.4, -0.2) is 36.7 Å². The zero-order chi connectivity index (χ0) is 27.1. The first-order valence-electron chi connectivity index (χ1n) is 13.7. The molecule has 37 heavy (non-hydrogen) atoms. The maximum atomic E-state index is 13.8. The third kappa shape index (κ3) is 5.15. The highest BCUT2D eigenvalue weighted by Crippen LogP contribution is 2.54. The molecular weight excluding hydrogens is 462 g/mol. The number of ketones is 2. The lowest BCUT2D eigenvalue weighted by Crippen LogP contribution is -2.43. The number of ether oxygens (including phenoxy) is 2. The summed E-state index contributed by atoms with van der Waals surface area (Å²) in [4.78, 5) is 29.8. The molecule has 0 fully saturated rings. The number of carbonyl (C=O) groups is 2. The van der Waals surface area contributed by atoms with Crippen LogP contribution in [0.2, 0.25) is 0 Å². The van der Waals surface area contributed by atoms with E-state index in [9.17, 15) is 9.59 Å². The number of carbonyl (C=O) groups excluding carboxylic acids is 2.